The molecule has 0 unspecified atom stereocenters. The number of hydrogen-bond acceptors (Lipinski definition) is 4. The van der Waals surface area contributed by atoms with Crippen molar-refractivity contribution in [1.29, 1.82) is 0 Å². The molecule has 3 rings (SSSR count). The maximum Gasteiger partial charge on any atom is 0.233 e. The molecule has 144 valence electrons. The van der Waals surface area contributed by atoms with Gasteiger partial charge in [-0.3, -0.25) is 4.79 Å². The van der Waals surface area contributed by atoms with Gasteiger partial charge in [0, 0.05) is 17.5 Å². The van der Waals surface area contributed by atoms with Gasteiger partial charge in [0.25, 0.3) is 0 Å². The van der Waals surface area contributed by atoms with E-state index >= 15 is 0 Å². The summed E-state index contributed by atoms with van der Waals surface area (Å²) in [4.78, 5) is 15.9. The summed E-state index contributed by atoms with van der Waals surface area (Å²) in [6.45, 7) is 4.55. The van der Waals surface area contributed by atoms with Crippen LogP contribution in [0.4, 0.5) is 0 Å². The highest BCUT2D eigenvalue weighted by Crippen LogP contribution is 2.26. The van der Waals surface area contributed by atoms with E-state index in [1.807, 2.05) is 49.4 Å². The molecular formula is C21H25NO3S2. The fourth-order valence-corrected chi connectivity index (χ4v) is 6.03. The van der Waals surface area contributed by atoms with Gasteiger partial charge in [0.05, 0.1) is 17.3 Å². The number of nitrogens with zero attached hydrogens (tertiary/aromatic N) is 1. The number of rotatable bonds is 6. The number of hydrogen-bond donors (Lipinski definition) is 0. The number of amides is 1. The third kappa shape index (κ3) is 5.36. The van der Waals surface area contributed by atoms with E-state index in [2.05, 4.69) is 13.0 Å². The van der Waals surface area contributed by atoms with E-state index in [4.69, 9.17) is 0 Å². The van der Waals surface area contributed by atoms with Crippen LogP contribution in [-0.2, 0) is 21.2 Å². The largest absolute Gasteiger partial charge is 0.334 e. The van der Waals surface area contributed by atoms with Crippen molar-refractivity contribution in [1.82, 2.24) is 4.90 Å². The molecule has 1 saturated heterocycles. The first-order valence-corrected chi connectivity index (χ1v) is 11.9. The predicted octanol–water partition coefficient (Wildman–Crippen LogP) is 3.61. The lowest BCUT2D eigenvalue weighted by Crippen LogP contribution is -2.41. The van der Waals surface area contributed by atoms with Crippen molar-refractivity contribution in [3.8, 4) is 0 Å². The van der Waals surface area contributed by atoms with Crippen LogP contribution in [0.5, 0.6) is 0 Å². The smallest absolute Gasteiger partial charge is 0.233 e. The number of carbonyl (C=O) groups is 1. The van der Waals surface area contributed by atoms with Crippen molar-refractivity contribution in [2.45, 2.75) is 37.8 Å². The van der Waals surface area contributed by atoms with Crippen LogP contribution in [-0.4, -0.2) is 42.5 Å². The van der Waals surface area contributed by atoms with Crippen LogP contribution in [0.1, 0.15) is 23.1 Å². The van der Waals surface area contributed by atoms with Crippen LogP contribution in [0.15, 0.2) is 53.4 Å². The Labute approximate surface area is 165 Å². The lowest BCUT2D eigenvalue weighted by Gasteiger charge is -2.28. The van der Waals surface area contributed by atoms with Gasteiger partial charge in [0.15, 0.2) is 9.84 Å². The molecule has 0 aromatic heterocycles. The van der Waals surface area contributed by atoms with Gasteiger partial charge in [0.1, 0.15) is 0 Å². The summed E-state index contributed by atoms with van der Waals surface area (Å²) in [6.07, 6.45) is 0.523. The number of carbonyl (C=O) groups excluding carboxylic acids is 1. The first-order valence-electron chi connectivity index (χ1n) is 9.08. The first kappa shape index (κ1) is 20.0. The van der Waals surface area contributed by atoms with Crippen LogP contribution in [0.2, 0.25) is 0 Å². The first-order chi connectivity index (χ1) is 12.8. The topological polar surface area (TPSA) is 54.5 Å². The average Bonchev–Trinajstić information content (AvgIpc) is 2.99. The Balaban J connectivity index is 1.74. The maximum absolute atomic E-state index is 13.0. The SMILES string of the molecule is Cc1ccc(SCC(=O)N(Cc2ccccc2)[C@H]2CCS(=O)(=O)C2)c(C)c1. The molecule has 0 bridgehead atoms. The van der Waals surface area contributed by atoms with E-state index in [0.29, 0.717) is 18.7 Å². The molecule has 0 aliphatic carbocycles. The van der Waals surface area contributed by atoms with E-state index in [9.17, 15) is 13.2 Å². The average molecular weight is 404 g/mol. The molecular weight excluding hydrogens is 378 g/mol. The molecule has 1 fully saturated rings. The Bertz CT molecular complexity index is 910. The molecule has 1 heterocycles. The Morgan fingerprint density at radius 2 is 1.89 bits per heavy atom. The summed E-state index contributed by atoms with van der Waals surface area (Å²) in [5, 5.41) is 0. The summed E-state index contributed by atoms with van der Waals surface area (Å²) in [5.41, 5.74) is 3.38. The quantitative estimate of drug-likeness (QED) is 0.692. The van der Waals surface area contributed by atoms with Gasteiger partial charge in [-0.1, -0.05) is 48.0 Å². The standard InChI is InChI=1S/C21H25NO3S2/c1-16-8-9-20(17(2)12-16)26-14-21(23)22(13-18-6-4-3-5-7-18)19-10-11-27(24,25)15-19/h3-9,12,19H,10-11,13-15H2,1-2H3/t19-/m0/s1. The number of thioether (sulfide) groups is 1. The highest BCUT2D eigenvalue weighted by atomic mass is 32.2. The minimum absolute atomic E-state index is 0.00840. The number of benzene rings is 2. The Morgan fingerprint density at radius 3 is 2.52 bits per heavy atom. The minimum atomic E-state index is -3.05. The van der Waals surface area contributed by atoms with Crippen molar-refractivity contribution >= 4 is 27.5 Å². The fourth-order valence-electron chi connectivity index (χ4n) is 3.41. The second-order valence-electron chi connectivity index (χ2n) is 7.12. The molecule has 6 heteroatoms. The summed E-state index contributed by atoms with van der Waals surface area (Å²) in [5.74, 6) is 0.541. The molecule has 0 spiro atoms. The molecule has 0 N–H and O–H groups in total. The number of sulfone groups is 1. The maximum atomic E-state index is 13.0. The summed E-state index contributed by atoms with van der Waals surface area (Å²) >= 11 is 1.52. The Hall–Kier alpha value is -1.79. The van der Waals surface area contributed by atoms with Crippen molar-refractivity contribution in [2.75, 3.05) is 17.3 Å². The van der Waals surface area contributed by atoms with Crippen molar-refractivity contribution in [2.24, 2.45) is 0 Å². The molecule has 1 amide bonds. The van der Waals surface area contributed by atoms with Gasteiger partial charge in [-0.15, -0.1) is 11.8 Å². The highest BCUT2D eigenvalue weighted by Gasteiger charge is 2.34. The molecule has 0 radical (unpaired) electrons. The predicted molar refractivity (Wildman–Crippen MR) is 111 cm³/mol. The molecule has 0 saturated carbocycles. The summed E-state index contributed by atoms with van der Waals surface area (Å²) < 4.78 is 23.9. The highest BCUT2D eigenvalue weighted by molar-refractivity contribution is 8.00. The van der Waals surface area contributed by atoms with Gasteiger partial charge >= 0.3 is 0 Å². The fraction of sp³-hybridized carbons (Fsp3) is 0.381. The van der Waals surface area contributed by atoms with Gasteiger partial charge in [-0.2, -0.15) is 0 Å². The molecule has 4 nitrogen and oxygen atoms in total. The lowest BCUT2D eigenvalue weighted by molar-refractivity contribution is -0.130. The zero-order valence-electron chi connectivity index (χ0n) is 15.7. The van der Waals surface area contributed by atoms with Crippen LogP contribution < -0.4 is 0 Å². The molecule has 1 aliphatic rings. The summed E-state index contributed by atoms with van der Waals surface area (Å²) in [6, 6.07) is 15.7. The normalized spacial score (nSPS) is 18.4. The molecule has 2 aromatic rings. The number of aryl methyl sites for hydroxylation is 2. The van der Waals surface area contributed by atoms with Gasteiger partial charge in [-0.05, 0) is 37.5 Å². The Kier molecular flexibility index (Phi) is 6.27. The zero-order valence-corrected chi connectivity index (χ0v) is 17.4. The molecule has 27 heavy (non-hydrogen) atoms. The van der Waals surface area contributed by atoms with E-state index in [1.165, 1.54) is 17.3 Å². The van der Waals surface area contributed by atoms with E-state index in [0.717, 1.165) is 16.0 Å². The zero-order chi connectivity index (χ0) is 19.4. The Morgan fingerprint density at radius 1 is 1.15 bits per heavy atom. The minimum Gasteiger partial charge on any atom is -0.334 e. The molecule has 1 atom stereocenters. The second kappa shape index (κ2) is 8.48. The van der Waals surface area contributed by atoms with Crippen LogP contribution in [0, 0.1) is 13.8 Å². The van der Waals surface area contributed by atoms with Crippen molar-refractivity contribution in [3.05, 3.63) is 65.2 Å². The third-order valence-electron chi connectivity index (χ3n) is 4.85. The van der Waals surface area contributed by atoms with Crippen LogP contribution in [0.25, 0.3) is 0 Å². The monoisotopic (exact) mass is 403 g/mol. The van der Waals surface area contributed by atoms with E-state index in [-0.39, 0.29) is 23.5 Å². The third-order valence-corrected chi connectivity index (χ3v) is 7.76. The van der Waals surface area contributed by atoms with Crippen molar-refractivity contribution in [3.63, 3.8) is 0 Å². The van der Waals surface area contributed by atoms with Gasteiger partial charge in [-0.25, -0.2) is 8.42 Å². The van der Waals surface area contributed by atoms with Crippen LogP contribution in [0.3, 0.4) is 0 Å². The van der Waals surface area contributed by atoms with Crippen LogP contribution >= 0.6 is 11.8 Å². The second-order valence-corrected chi connectivity index (χ2v) is 10.4. The van der Waals surface area contributed by atoms with E-state index in [1.54, 1.807) is 4.90 Å². The summed E-state index contributed by atoms with van der Waals surface area (Å²) in [7, 11) is -3.05. The van der Waals surface area contributed by atoms with Gasteiger partial charge < -0.3 is 4.90 Å². The molecule has 1 aliphatic heterocycles. The van der Waals surface area contributed by atoms with Gasteiger partial charge in [0.2, 0.25) is 5.91 Å². The van der Waals surface area contributed by atoms with Crippen molar-refractivity contribution < 1.29 is 13.2 Å². The van der Waals surface area contributed by atoms with E-state index < -0.39 is 9.84 Å². The molecule has 2 aromatic carbocycles. The lowest BCUT2D eigenvalue weighted by atomic mass is 10.1.